The predicted octanol–water partition coefficient (Wildman–Crippen LogP) is 2.39. The van der Waals surface area contributed by atoms with Crippen molar-refractivity contribution >= 4 is 0 Å². The average Bonchev–Trinajstić information content (AvgIpc) is 2.31. The molecular weight excluding hydrogens is 202 g/mol. The predicted molar refractivity (Wildman–Crippen MR) is 63.6 cm³/mol. The summed E-state index contributed by atoms with van der Waals surface area (Å²) in [4.78, 5) is 2.36. The molecule has 0 aromatic heterocycles. The van der Waals surface area contributed by atoms with Gasteiger partial charge in [-0.3, -0.25) is 4.90 Å². The summed E-state index contributed by atoms with van der Waals surface area (Å²) in [5.41, 5.74) is 1.49. The Kier molecular flexibility index (Phi) is 3.34. The largest absolute Gasteiger partial charge is 0.508 e. The molecule has 16 heavy (non-hydrogen) atoms. The van der Waals surface area contributed by atoms with Crippen LogP contribution in [0.25, 0.3) is 0 Å². The van der Waals surface area contributed by atoms with Crippen LogP contribution in [0.3, 0.4) is 0 Å². The molecule has 0 radical (unpaired) electrons. The fraction of sp³-hybridized carbons (Fsp3) is 0.538. The molecule has 0 unspecified atom stereocenters. The quantitative estimate of drug-likeness (QED) is 0.806. The van der Waals surface area contributed by atoms with Crippen molar-refractivity contribution in [3.8, 4) is 11.5 Å². The molecule has 0 atom stereocenters. The van der Waals surface area contributed by atoms with E-state index in [9.17, 15) is 10.2 Å². The van der Waals surface area contributed by atoms with Crippen molar-refractivity contribution in [1.29, 1.82) is 0 Å². The minimum atomic E-state index is 0.167. The first-order valence-electron chi connectivity index (χ1n) is 5.91. The molecule has 1 saturated heterocycles. The highest BCUT2D eigenvalue weighted by atomic mass is 16.3. The Balaban J connectivity index is 2.11. The lowest BCUT2D eigenvalue weighted by Crippen LogP contribution is -2.29. The summed E-state index contributed by atoms with van der Waals surface area (Å²) in [5.74, 6) is 0.408. The summed E-state index contributed by atoms with van der Waals surface area (Å²) in [7, 11) is 0. The van der Waals surface area contributed by atoms with Gasteiger partial charge in [0.05, 0.1) is 0 Å². The Morgan fingerprint density at radius 3 is 2.50 bits per heavy atom. The molecule has 3 nitrogen and oxygen atoms in total. The van der Waals surface area contributed by atoms with Gasteiger partial charge >= 0.3 is 0 Å². The first-order chi connectivity index (χ1) is 7.68. The van der Waals surface area contributed by atoms with Gasteiger partial charge < -0.3 is 10.2 Å². The van der Waals surface area contributed by atoms with Crippen molar-refractivity contribution in [2.24, 2.45) is 0 Å². The number of rotatable bonds is 2. The Hall–Kier alpha value is -1.22. The maximum Gasteiger partial charge on any atom is 0.126 e. The van der Waals surface area contributed by atoms with Gasteiger partial charge in [-0.25, -0.2) is 0 Å². The minimum Gasteiger partial charge on any atom is -0.508 e. The molecule has 2 rings (SSSR count). The fourth-order valence-corrected chi connectivity index (χ4v) is 2.23. The van der Waals surface area contributed by atoms with Crippen LogP contribution in [-0.2, 0) is 6.54 Å². The normalized spacial score (nSPS) is 17.6. The molecule has 1 aromatic carbocycles. The summed E-state index contributed by atoms with van der Waals surface area (Å²) in [6.45, 7) is 4.75. The number of phenolic OH excluding ortho intramolecular Hbond substituents is 2. The lowest BCUT2D eigenvalue weighted by molar-refractivity contribution is 0.218. The fourth-order valence-electron chi connectivity index (χ4n) is 2.23. The van der Waals surface area contributed by atoms with Crippen molar-refractivity contribution in [3.05, 3.63) is 23.3 Å². The zero-order valence-electron chi connectivity index (χ0n) is 9.74. The van der Waals surface area contributed by atoms with Gasteiger partial charge in [-0.05, 0) is 38.9 Å². The maximum atomic E-state index is 9.92. The lowest BCUT2D eigenvalue weighted by atomic mass is 10.1. The van der Waals surface area contributed by atoms with Crippen LogP contribution in [0.1, 0.15) is 30.4 Å². The molecule has 2 N–H and O–H groups in total. The second-order valence-corrected chi connectivity index (χ2v) is 4.55. The number of aromatic hydroxyl groups is 2. The van der Waals surface area contributed by atoms with Crippen molar-refractivity contribution in [1.82, 2.24) is 4.90 Å². The summed E-state index contributed by atoms with van der Waals surface area (Å²) >= 11 is 0. The van der Waals surface area contributed by atoms with Crippen LogP contribution in [-0.4, -0.2) is 28.2 Å². The van der Waals surface area contributed by atoms with E-state index in [2.05, 4.69) is 4.90 Å². The summed E-state index contributed by atoms with van der Waals surface area (Å²) in [5, 5.41) is 19.4. The molecule has 1 aliphatic heterocycles. The molecule has 88 valence electrons. The van der Waals surface area contributed by atoms with Gasteiger partial charge in [-0.1, -0.05) is 12.5 Å². The topological polar surface area (TPSA) is 43.7 Å². The Bertz CT molecular complexity index is 370. The standard InChI is InChI=1S/C13H19NO2/c1-10-12(15)6-5-11(13(10)16)9-14-7-3-2-4-8-14/h5-6,15-16H,2-4,7-9H2,1H3. The molecule has 1 aromatic rings. The van der Waals surface area contributed by atoms with Gasteiger partial charge in [-0.15, -0.1) is 0 Å². The molecule has 0 spiro atoms. The van der Waals surface area contributed by atoms with E-state index < -0.39 is 0 Å². The van der Waals surface area contributed by atoms with Gasteiger partial charge in [0.15, 0.2) is 0 Å². The molecule has 3 heteroatoms. The van der Waals surface area contributed by atoms with Gasteiger partial charge in [0.2, 0.25) is 0 Å². The number of hydrogen-bond acceptors (Lipinski definition) is 3. The van der Waals surface area contributed by atoms with E-state index in [1.165, 1.54) is 19.3 Å². The molecule has 1 aliphatic rings. The van der Waals surface area contributed by atoms with E-state index in [1.54, 1.807) is 13.0 Å². The monoisotopic (exact) mass is 221 g/mol. The smallest absolute Gasteiger partial charge is 0.126 e. The lowest BCUT2D eigenvalue weighted by Gasteiger charge is -2.26. The van der Waals surface area contributed by atoms with E-state index in [0.717, 1.165) is 25.2 Å². The van der Waals surface area contributed by atoms with Gasteiger partial charge in [-0.2, -0.15) is 0 Å². The third-order valence-corrected chi connectivity index (χ3v) is 3.33. The van der Waals surface area contributed by atoms with Crippen LogP contribution in [0.15, 0.2) is 12.1 Å². The summed E-state index contributed by atoms with van der Waals surface area (Å²) in [6, 6.07) is 3.47. The number of phenols is 2. The summed E-state index contributed by atoms with van der Waals surface area (Å²) in [6.07, 6.45) is 3.81. The van der Waals surface area contributed by atoms with Crippen molar-refractivity contribution in [2.45, 2.75) is 32.7 Å². The van der Waals surface area contributed by atoms with Crippen LogP contribution in [0.2, 0.25) is 0 Å². The second-order valence-electron chi connectivity index (χ2n) is 4.55. The van der Waals surface area contributed by atoms with Gasteiger partial charge in [0.1, 0.15) is 11.5 Å². The highest BCUT2D eigenvalue weighted by molar-refractivity contribution is 5.47. The molecule has 0 aliphatic carbocycles. The van der Waals surface area contributed by atoms with Crippen molar-refractivity contribution < 1.29 is 10.2 Å². The zero-order valence-corrected chi connectivity index (χ0v) is 9.74. The van der Waals surface area contributed by atoms with Crippen LogP contribution >= 0.6 is 0 Å². The Morgan fingerprint density at radius 1 is 1.12 bits per heavy atom. The zero-order chi connectivity index (χ0) is 11.5. The van der Waals surface area contributed by atoms with Gasteiger partial charge in [0, 0.05) is 17.7 Å². The SMILES string of the molecule is Cc1c(O)ccc(CN2CCCCC2)c1O. The van der Waals surface area contributed by atoms with E-state index in [1.807, 2.05) is 6.07 Å². The van der Waals surface area contributed by atoms with E-state index >= 15 is 0 Å². The highest BCUT2D eigenvalue weighted by Crippen LogP contribution is 2.30. The molecule has 1 heterocycles. The first-order valence-corrected chi connectivity index (χ1v) is 5.91. The van der Waals surface area contributed by atoms with Crippen molar-refractivity contribution in [2.75, 3.05) is 13.1 Å². The van der Waals surface area contributed by atoms with Crippen LogP contribution < -0.4 is 0 Å². The first kappa shape index (κ1) is 11.3. The molecular formula is C13H19NO2. The highest BCUT2D eigenvalue weighted by Gasteiger charge is 2.14. The second kappa shape index (κ2) is 4.74. The number of piperidine rings is 1. The van der Waals surface area contributed by atoms with Gasteiger partial charge in [0.25, 0.3) is 0 Å². The molecule has 0 saturated carbocycles. The molecule has 0 bridgehead atoms. The number of hydrogen-bond donors (Lipinski definition) is 2. The Morgan fingerprint density at radius 2 is 1.81 bits per heavy atom. The number of benzene rings is 1. The molecule has 0 amide bonds. The van der Waals surface area contributed by atoms with E-state index in [4.69, 9.17) is 0 Å². The van der Waals surface area contributed by atoms with Crippen LogP contribution in [0.4, 0.5) is 0 Å². The third-order valence-electron chi connectivity index (χ3n) is 3.33. The van der Waals surface area contributed by atoms with Crippen LogP contribution in [0, 0.1) is 6.92 Å². The average molecular weight is 221 g/mol. The Labute approximate surface area is 96.3 Å². The number of likely N-dealkylation sites (tertiary alicyclic amines) is 1. The summed E-state index contributed by atoms with van der Waals surface area (Å²) < 4.78 is 0. The minimum absolute atomic E-state index is 0.167. The van der Waals surface area contributed by atoms with E-state index in [0.29, 0.717) is 5.56 Å². The van der Waals surface area contributed by atoms with E-state index in [-0.39, 0.29) is 11.5 Å². The molecule has 1 fully saturated rings. The maximum absolute atomic E-state index is 9.92. The third kappa shape index (κ3) is 2.30. The number of nitrogens with zero attached hydrogens (tertiary/aromatic N) is 1. The van der Waals surface area contributed by atoms with Crippen LogP contribution in [0.5, 0.6) is 11.5 Å². The van der Waals surface area contributed by atoms with Crippen molar-refractivity contribution in [3.63, 3.8) is 0 Å².